The molecule has 4 heteroatoms. The molecule has 15 heavy (non-hydrogen) atoms. The second-order valence-electron chi connectivity index (χ2n) is 2.97. The van der Waals surface area contributed by atoms with Crippen molar-refractivity contribution in [2.45, 2.75) is 6.18 Å². The average molecular weight is 202 g/mol. The van der Waals surface area contributed by atoms with E-state index < -0.39 is 11.7 Å². The Morgan fingerprint density at radius 3 is 2.20 bits per heavy atom. The minimum atomic E-state index is -4.32. The summed E-state index contributed by atoms with van der Waals surface area (Å²) in [6.45, 7) is 0. The van der Waals surface area contributed by atoms with Gasteiger partial charge in [0.2, 0.25) is 0 Å². The molecule has 2 aromatic rings. The summed E-state index contributed by atoms with van der Waals surface area (Å²) in [5.41, 5.74) is -0.726. The van der Waals surface area contributed by atoms with Crippen LogP contribution in [0, 0.1) is 6.07 Å². The van der Waals surface area contributed by atoms with E-state index in [1.807, 2.05) is 0 Å². The van der Waals surface area contributed by atoms with Crippen LogP contribution in [0.1, 0.15) is 5.56 Å². The van der Waals surface area contributed by atoms with Gasteiger partial charge in [-0.3, -0.25) is 0 Å². The third-order valence-corrected chi connectivity index (χ3v) is 1.98. The normalized spacial score (nSPS) is 11.1. The molecule has 0 N–H and O–H groups in total. The SMILES string of the molecule is FC(F)(F)c1[c-]cc2ccccc2c1.[Li+]. The predicted octanol–water partition coefficient (Wildman–Crippen LogP) is 0.663. The number of alkyl halides is 3. The molecule has 2 aromatic carbocycles. The standard InChI is InChI=1S/C11H6F3.Li/c12-11(13,14)10-6-5-8-3-1-2-4-9(8)7-10;/h1-5,7H;/q-1;+1. The van der Waals surface area contributed by atoms with Crippen molar-refractivity contribution in [1.82, 2.24) is 0 Å². The van der Waals surface area contributed by atoms with Gasteiger partial charge in [-0.1, -0.05) is 23.8 Å². The van der Waals surface area contributed by atoms with Gasteiger partial charge in [0.1, 0.15) is 0 Å². The third kappa shape index (κ3) is 2.56. The maximum Gasteiger partial charge on any atom is 1.00 e. The number of rotatable bonds is 0. The number of halogens is 3. The fourth-order valence-electron chi connectivity index (χ4n) is 1.29. The topological polar surface area (TPSA) is 0 Å². The maximum absolute atomic E-state index is 12.3. The zero-order chi connectivity index (χ0) is 10.2. The van der Waals surface area contributed by atoms with Gasteiger partial charge in [-0.25, -0.2) is 0 Å². The zero-order valence-electron chi connectivity index (χ0n) is 8.10. The molecular weight excluding hydrogens is 196 g/mol. The Kier molecular flexibility index (Phi) is 3.49. The molecule has 0 aliphatic heterocycles. The Bertz CT molecular complexity index is 463. The van der Waals surface area contributed by atoms with Gasteiger partial charge in [-0.2, -0.15) is 31.4 Å². The third-order valence-electron chi connectivity index (χ3n) is 1.98. The molecule has 2 rings (SSSR count). The molecule has 0 heterocycles. The predicted molar refractivity (Wildman–Crippen MR) is 47.8 cm³/mol. The second kappa shape index (κ2) is 4.30. The summed E-state index contributed by atoms with van der Waals surface area (Å²) in [6, 6.07) is 11.6. The fourth-order valence-corrected chi connectivity index (χ4v) is 1.29. The van der Waals surface area contributed by atoms with Gasteiger partial charge in [0, 0.05) is 0 Å². The number of hydrogen-bond donors (Lipinski definition) is 0. The van der Waals surface area contributed by atoms with Crippen molar-refractivity contribution in [3.8, 4) is 0 Å². The van der Waals surface area contributed by atoms with Crippen LogP contribution in [-0.2, 0) is 6.18 Å². The first-order valence-electron chi connectivity index (χ1n) is 4.05. The van der Waals surface area contributed by atoms with E-state index in [2.05, 4.69) is 6.07 Å². The van der Waals surface area contributed by atoms with Gasteiger partial charge >= 0.3 is 25.0 Å². The molecular formula is C11H6F3Li. The van der Waals surface area contributed by atoms with Crippen molar-refractivity contribution >= 4 is 10.8 Å². The molecule has 0 saturated heterocycles. The van der Waals surface area contributed by atoms with E-state index in [1.54, 1.807) is 24.3 Å². The van der Waals surface area contributed by atoms with Crippen molar-refractivity contribution < 1.29 is 32.0 Å². The molecule has 72 valence electrons. The van der Waals surface area contributed by atoms with E-state index in [4.69, 9.17) is 0 Å². The van der Waals surface area contributed by atoms with Crippen LogP contribution in [0.4, 0.5) is 13.2 Å². The maximum atomic E-state index is 12.3. The zero-order valence-corrected chi connectivity index (χ0v) is 8.10. The van der Waals surface area contributed by atoms with Crippen LogP contribution in [-0.4, -0.2) is 0 Å². The Balaban J connectivity index is 0.00000112. The molecule has 0 nitrogen and oxygen atoms in total. The summed E-state index contributed by atoms with van der Waals surface area (Å²) < 4.78 is 36.9. The summed E-state index contributed by atoms with van der Waals surface area (Å²) in [4.78, 5) is 0. The quantitative estimate of drug-likeness (QED) is 0.435. The van der Waals surface area contributed by atoms with Crippen LogP contribution in [0.15, 0.2) is 36.4 Å². The average Bonchev–Trinajstić information content (AvgIpc) is 2.16. The van der Waals surface area contributed by atoms with E-state index in [0.29, 0.717) is 5.39 Å². The first-order chi connectivity index (χ1) is 6.57. The Labute approximate surface area is 97.3 Å². The fraction of sp³-hybridized carbons (Fsp3) is 0.0909. The minimum Gasteiger partial charge on any atom is -0.171 e. The molecule has 0 aromatic heterocycles. The van der Waals surface area contributed by atoms with Crippen molar-refractivity contribution in [3.05, 3.63) is 48.0 Å². The minimum absolute atomic E-state index is 0. The summed E-state index contributed by atoms with van der Waals surface area (Å²) in [5, 5.41) is 1.35. The molecule has 0 saturated carbocycles. The molecule has 0 radical (unpaired) electrons. The summed E-state index contributed by atoms with van der Waals surface area (Å²) in [6.07, 6.45) is -4.32. The molecule has 0 unspecified atom stereocenters. The molecule has 0 amide bonds. The van der Waals surface area contributed by atoms with Crippen LogP contribution >= 0.6 is 0 Å². The Hall–Kier alpha value is -0.913. The van der Waals surface area contributed by atoms with E-state index in [1.165, 1.54) is 6.07 Å². The van der Waals surface area contributed by atoms with Crippen molar-refractivity contribution in [1.29, 1.82) is 0 Å². The summed E-state index contributed by atoms with van der Waals surface area (Å²) in [5.74, 6) is 0. The monoisotopic (exact) mass is 202 g/mol. The first-order valence-corrected chi connectivity index (χ1v) is 4.05. The van der Waals surface area contributed by atoms with E-state index >= 15 is 0 Å². The van der Waals surface area contributed by atoms with Crippen LogP contribution in [0.2, 0.25) is 0 Å². The molecule has 0 fully saturated rings. The molecule has 0 aliphatic rings. The largest absolute Gasteiger partial charge is 1.00 e. The van der Waals surface area contributed by atoms with Gasteiger partial charge in [0.25, 0.3) is 0 Å². The van der Waals surface area contributed by atoms with Crippen LogP contribution in [0.3, 0.4) is 0 Å². The van der Waals surface area contributed by atoms with Gasteiger partial charge in [0.15, 0.2) is 0 Å². The summed E-state index contributed by atoms with van der Waals surface area (Å²) in [7, 11) is 0. The second-order valence-corrected chi connectivity index (χ2v) is 2.97. The van der Waals surface area contributed by atoms with Crippen molar-refractivity contribution in [2.24, 2.45) is 0 Å². The number of hydrogen-bond acceptors (Lipinski definition) is 0. The molecule has 0 aliphatic carbocycles. The van der Waals surface area contributed by atoms with Crippen LogP contribution < -0.4 is 18.9 Å². The van der Waals surface area contributed by atoms with Crippen molar-refractivity contribution in [3.63, 3.8) is 0 Å². The Morgan fingerprint density at radius 2 is 1.60 bits per heavy atom. The Morgan fingerprint density at radius 1 is 1.00 bits per heavy atom. The molecule has 0 atom stereocenters. The van der Waals surface area contributed by atoms with Gasteiger partial charge in [-0.05, 0) is 0 Å². The van der Waals surface area contributed by atoms with Gasteiger partial charge < -0.3 is 0 Å². The van der Waals surface area contributed by atoms with Crippen molar-refractivity contribution in [2.75, 3.05) is 0 Å². The van der Waals surface area contributed by atoms with E-state index in [-0.39, 0.29) is 18.9 Å². The summed E-state index contributed by atoms with van der Waals surface area (Å²) >= 11 is 0. The van der Waals surface area contributed by atoms with E-state index in [9.17, 15) is 13.2 Å². The van der Waals surface area contributed by atoms with Gasteiger partial charge in [0.05, 0.1) is 0 Å². The van der Waals surface area contributed by atoms with Crippen LogP contribution in [0.5, 0.6) is 0 Å². The van der Waals surface area contributed by atoms with Gasteiger partial charge in [-0.15, -0.1) is 16.8 Å². The number of benzene rings is 2. The first kappa shape index (κ1) is 12.2. The molecule has 0 spiro atoms. The van der Waals surface area contributed by atoms with E-state index in [0.717, 1.165) is 11.5 Å². The van der Waals surface area contributed by atoms with Crippen LogP contribution in [0.25, 0.3) is 10.8 Å². The number of fused-ring (bicyclic) bond motifs is 1. The molecule has 0 bridgehead atoms. The smallest absolute Gasteiger partial charge is 0.171 e.